The number of nitrogens with one attached hydrogen (secondary N) is 2. The van der Waals surface area contributed by atoms with E-state index < -0.39 is 0 Å². The summed E-state index contributed by atoms with van der Waals surface area (Å²) in [6.45, 7) is 2.33. The van der Waals surface area contributed by atoms with Crippen molar-refractivity contribution in [3.05, 3.63) is 64.7 Å². The molecule has 0 spiro atoms. The van der Waals surface area contributed by atoms with Crippen molar-refractivity contribution in [1.82, 2.24) is 5.32 Å². The van der Waals surface area contributed by atoms with E-state index in [1.807, 2.05) is 55.5 Å². The third-order valence-corrected chi connectivity index (χ3v) is 4.46. The van der Waals surface area contributed by atoms with Crippen molar-refractivity contribution in [1.29, 1.82) is 0 Å². The Bertz CT molecular complexity index is 700. The van der Waals surface area contributed by atoms with E-state index in [0.29, 0.717) is 12.6 Å². The number of amides is 1. The summed E-state index contributed by atoms with van der Waals surface area (Å²) in [6, 6.07) is 16.0. The molecule has 0 bridgehead atoms. The number of rotatable bonds is 5. The Labute approximate surface area is 147 Å². The highest BCUT2D eigenvalue weighted by molar-refractivity contribution is 6.30. The Morgan fingerprint density at radius 2 is 1.92 bits per heavy atom. The largest absolute Gasteiger partial charge is 0.445 e. The Morgan fingerprint density at radius 3 is 2.62 bits per heavy atom. The van der Waals surface area contributed by atoms with E-state index in [1.165, 1.54) is 0 Å². The number of hydrogen-bond acceptors (Lipinski definition) is 3. The molecule has 2 N–H and O–H groups in total. The van der Waals surface area contributed by atoms with Crippen molar-refractivity contribution in [3.8, 4) is 0 Å². The molecule has 4 nitrogen and oxygen atoms in total. The molecule has 1 saturated carbocycles. The van der Waals surface area contributed by atoms with Gasteiger partial charge in [0.15, 0.2) is 0 Å². The molecule has 0 aliphatic heterocycles. The molecule has 1 fully saturated rings. The molecule has 0 atom stereocenters. The number of carbonyl (C=O) groups excluding carboxylic acids is 1. The first-order valence-corrected chi connectivity index (χ1v) is 8.48. The third kappa shape index (κ3) is 4.42. The van der Waals surface area contributed by atoms with E-state index >= 15 is 0 Å². The molecule has 0 unspecified atom stereocenters. The molecule has 0 aromatic heterocycles. The van der Waals surface area contributed by atoms with Gasteiger partial charge >= 0.3 is 6.09 Å². The minimum absolute atomic E-state index is 0.165. The van der Waals surface area contributed by atoms with Gasteiger partial charge in [0.25, 0.3) is 0 Å². The lowest BCUT2D eigenvalue weighted by Crippen LogP contribution is -2.49. The number of ether oxygens (including phenoxy) is 1. The van der Waals surface area contributed by atoms with E-state index in [1.54, 1.807) is 0 Å². The van der Waals surface area contributed by atoms with Crippen molar-refractivity contribution in [3.63, 3.8) is 0 Å². The van der Waals surface area contributed by atoms with Crippen LogP contribution in [0.15, 0.2) is 48.5 Å². The third-order valence-electron chi connectivity index (χ3n) is 4.22. The fourth-order valence-electron chi connectivity index (χ4n) is 2.79. The van der Waals surface area contributed by atoms with Crippen LogP contribution in [0.5, 0.6) is 0 Å². The van der Waals surface area contributed by atoms with Gasteiger partial charge in [-0.15, -0.1) is 0 Å². The molecule has 1 aliphatic carbocycles. The van der Waals surface area contributed by atoms with Gasteiger partial charge in [-0.25, -0.2) is 4.79 Å². The summed E-state index contributed by atoms with van der Waals surface area (Å²) in [5.74, 6) is 0. The van der Waals surface area contributed by atoms with Crippen LogP contribution in [0.3, 0.4) is 0 Å². The van der Waals surface area contributed by atoms with Crippen LogP contribution in [-0.4, -0.2) is 18.2 Å². The molecule has 1 amide bonds. The molecule has 2 aromatic rings. The average Bonchev–Trinajstić information content (AvgIpc) is 2.54. The monoisotopic (exact) mass is 344 g/mol. The van der Waals surface area contributed by atoms with Crippen molar-refractivity contribution in [2.24, 2.45) is 0 Å². The summed E-state index contributed by atoms with van der Waals surface area (Å²) in [4.78, 5) is 11.8. The van der Waals surface area contributed by atoms with Crippen molar-refractivity contribution in [2.75, 3.05) is 5.32 Å². The Morgan fingerprint density at radius 1 is 1.17 bits per heavy atom. The molecule has 0 heterocycles. The number of benzene rings is 2. The number of alkyl carbamates (subject to hydrolysis) is 1. The molecule has 24 heavy (non-hydrogen) atoms. The van der Waals surface area contributed by atoms with Gasteiger partial charge in [-0.2, -0.15) is 0 Å². The predicted octanol–water partition coefficient (Wildman–Crippen LogP) is 4.52. The first-order valence-electron chi connectivity index (χ1n) is 8.10. The summed E-state index contributed by atoms with van der Waals surface area (Å²) >= 11 is 5.97. The summed E-state index contributed by atoms with van der Waals surface area (Å²) in [5, 5.41) is 7.13. The van der Waals surface area contributed by atoms with Crippen LogP contribution in [0.4, 0.5) is 10.5 Å². The molecule has 0 saturated heterocycles. The summed E-state index contributed by atoms with van der Waals surface area (Å²) in [6.07, 6.45) is 1.43. The molecule has 3 rings (SSSR count). The van der Waals surface area contributed by atoms with Gasteiger partial charge in [-0.05, 0) is 49.1 Å². The number of anilines is 1. The lowest BCUT2D eigenvalue weighted by Gasteiger charge is -2.37. The van der Waals surface area contributed by atoms with Crippen LogP contribution >= 0.6 is 11.6 Å². The lowest BCUT2D eigenvalue weighted by atomic mass is 9.86. The van der Waals surface area contributed by atoms with Gasteiger partial charge in [0.05, 0.1) is 0 Å². The summed E-state index contributed by atoms with van der Waals surface area (Å²) < 4.78 is 5.24. The molecule has 126 valence electrons. The maximum absolute atomic E-state index is 11.8. The average molecular weight is 345 g/mol. The molecule has 0 radical (unpaired) electrons. The second-order valence-corrected chi connectivity index (χ2v) is 6.61. The predicted molar refractivity (Wildman–Crippen MR) is 96.4 cm³/mol. The van der Waals surface area contributed by atoms with E-state index in [2.05, 4.69) is 10.6 Å². The second kappa shape index (κ2) is 7.58. The van der Waals surface area contributed by atoms with E-state index in [0.717, 1.165) is 34.7 Å². The van der Waals surface area contributed by atoms with E-state index in [4.69, 9.17) is 16.3 Å². The number of hydrogen-bond donors (Lipinski definition) is 2. The molecular formula is C19H21ClN2O2. The van der Waals surface area contributed by atoms with Crippen LogP contribution in [0, 0.1) is 6.92 Å². The van der Waals surface area contributed by atoms with Crippen LogP contribution in [-0.2, 0) is 11.3 Å². The van der Waals surface area contributed by atoms with E-state index in [9.17, 15) is 4.79 Å². The molecule has 5 heteroatoms. The maximum atomic E-state index is 11.8. The maximum Gasteiger partial charge on any atom is 0.407 e. The second-order valence-electron chi connectivity index (χ2n) is 6.17. The highest BCUT2D eigenvalue weighted by Crippen LogP contribution is 2.27. The first-order chi connectivity index (χ1) is 11.6. The van der Waals surface area contributed by atoms with Crippen LogP contribution in [0.25, 0.3) is 0 Å². The molecular weight excluding hydrogens is 324 g/mol. The minimum Gasteiger partial charge on any atom is -0.445 e. The summed E-state index contributed by atoms with van der Waals surface area (Å²) in [5.41, 5.74) is 3.20. The molecule has 1 aliphatic rings. The Balaban J connectivity index is 1.38. The standard InChI is InChI=1S/C19H21ClN2O2/c1-13-9-15(20)7-8-18(13)21-16-10-17(11-16)22-19(23)24-12-14-5-3-2-4-6-14/h2-9,16-17,21H,10-12H2,1H3,(H,22,23). The van der Waals surface area contributed by atoms with Gasteiger partial charge in [0, 0.05) is 22.8 Å². The fraction of sp³-hybridized carbons (Fsp3) is 0.316. The van der Waals surface area contributed by atoms with Crippen LogP contribution in [0.2, 0.25) is 5.02 Å². The normalized spacial score (nSPS) is 19.2. The zero-order chi connectivity index (χ0) is 16.9. The van der Waals surface area contributed by atoms with Crippen molar-refractivity contribution >= 4 is 23.4 Å². The SMILES string of the molecule is Cc1cc(Cl)ccc1NC1CC(NC(=O)OCc2ccccc2)C1. The Hall–Kier alpha value is -2.20. The highest BCUT2D eigenvalue weighted by atomic mass is 35.5. The lowest BCUT2D eigenvalue weighted by molar-refractivity contribution is 0.129. The van der Waals surface area contributed by atoms with Gasteiger partial charge in [-0.3, -0.25) is 0 Å². The first kappa shape index (κ1) is 16.7. The highest BCUT2D eigenvalue weighted by Gasteiger charge is 2.30. The molecule has 2 aromatic carbocycles. The fourth-order valence-corrected chi connectivity index (χ4v) is 3.02. The number of halogens is 1. The van der Waals surface area contributed by atoms with Gasteiger partial charge in [0.2, 0.25) is 0 Å². The zero-order valence-corrected chi connectivity index (χ0v) is 14.3. The number of aryl methyl sites for hydroxylation is 1. The van der Waals surface area contributed by atoms with Gasteiger partial charge in [0.1, 0.15) is 6.61 Å². The van der Waals surface area contributed by atoms with Gasteiger partial charge in [-0.1, -0.05) is 41.9 Å². The topological polar surface area (TPSA) is 50.4 Å². The summed E-state index contributed by atoms with van der Waals surface area (Å²) in [7, 11) is 0. The van der Waals surface area contributed by atoms with Gasteiger partial charge < -0.3 is 15.4 Å². The number of carbonyl (C=O) groups is 1. The smallest absolute Gasteiger partial charge is 0.407 e. The van der Waals surface area contributed by atoms with Crippen molar-refractivity contribution in [2.45, 2.75) is 38.5 Å². The van der Waals surface area contributed by atoms with Crippen molar-refractivity contribution < 1.29 is 9.53 Å². The van der Waals surface area contributed by atoms with E-state index in [-0.39, 0.29) is 12.1 Å². The van der Waals surface area contributed by atoms with Crippen LogP contribution in [0.1, 0.15) is 24.0 Å². The quantitative estimate of drug-likeness (QED) is 0.838. The minimum atomic E-state index is -0.357. The zero-order valence-electron chi connectivity index (χ0n) is 13.6. The Kier molecular flexibility index (Phi) is 5.26. The van der Waals surface area contributed by atoms with Crippen LogP contribution < -0.4 is 10.6 Å².